The largest absolute Gasteiger partial charge is 0.378 e. The molecule has 106 valence electrons. The summed E-state index contributed by atoms with van der Waals surface area (Å²) in [6.07, 6.45) is 0. The Hall–Kier alpha value is -1.62. The minimum absolute atomic E-state index is 0.0789. The summed E-state index contributed by atoms with van der Waals surface area (Å²) in [7, 11) is 0. The maximum Gasteiger partial charge on any atom is 0.256 e. The van der Waals surface area contributed by atoms with E-state index in [1.165, 1.54) is 0 Å². The molecule has 2 aromatic rings. The molecule has 1 heterocycles. The van der Waals surface area contributed by atoms with Crippen molar-refractivity contribution in [2.75, 3.05) is 5.32 Å². The summed E-state index contributed by atoms with van der Waals surface area (Å²) in [5.41, 5.74) is 3.50. The molecule has 1 aromatic heterocycles. The number of aromatic amines is 1. The maximum absolute atomic E-state index is 12.1. The summed E-state index contributed by atoms with van der Waals surface area (Å²) < 4.78 is 1.04. The van der Waals surface area contributed by atoms with Crippen molar-refractivity contribution in [2.24, 2.45) is 0 Å². The van der Waals surface area contributed by atoms with Gasteiger partial charge in [0.25, 0.3) is 5.56 Å². The summed E-state index contributed by atoms with van der Waals surface area (Å²) in [4.78, 5) is 19.2. The molecule has 2 rings (SSSR count). The number of nitrogens with zero attached hydrogens (tertiary/aromatic N) is 1. The number of rotatable bonds is 3. The zero-order valence-corrected chi connectivity index (χ0v) is 13.6. The molecule has 0 saturated carbocycles. The minimum Gasteiger partial charge on any atom is -0.378 e. The standard InChI is InChI=1S/C15H18BrN3O/c1-8-7-12(16)5-6-13(8)18-10(3)14-9(2)17-11(4)19-15(14)20/h5-7,10,18H,1-4H3,(H,17,19,20). The van der Waals surface area contributed by atoms with Gasteiger partial charge in [-0.25, -0.2) is 4.98 Å². The Morgan fingerprint density at radius 3 is 2.60 bits per heavy atom. The van der Waals surface area contributed by atoms with E-state index in [4.69, 9.17) is 0 Å². The van der Waals surface area contributed by atoms with Gasteiger partial charge in [-0.3, -0.25) is 4.79 Å². The van der Waals surface area contributed by atoms with Crippen LogP contribution in [0.25, 0.3) is 0 Å². The van der Waals surface area contributed by atoms with Gasteiger partial charge in [-0.15, -0.1) is 0 Å². The molecular formula is C15H18BrN3O. The van der Waals surface area contributed by atoms with E-state index in [0.29, 0.717) is 11.4 Å². The molecule has 0 aliphatic carbocycles. The molecule has 4 nitrogen and oxygen atoms in total. The van der Waals surface area contributed by atoms with Gasteiger partial charge in [0.2, 0.25) is 0 Å². The number of H-pyrrole nitrogens is 1. The highest BCUT2D eigenvalue weighted by Crippen LogP contribution is 2.24. The Morgan fingerprint density at radius 1 is 1.30 bits per heavy atom. The summed E-state index contributed by atoms with van der Waals surface area (Å²) in [5, 5.41) is 3.37. The second-order valence-electron chi connectivity index (χ2n) is 4.98. The van der Waals surface area contributed by atoms with Crippen molar-refractivity contribution in [3.05, 3.63) is 55.7 Å². The topological polar surface area (TPSA) is 57.8 Å². The molecule has 0 saturated heterocycles. The quantitative estimate of drug-likeness (QED) is 0.900. The highest BCUT2D eigenvalue weighted by molar-refractivity contribution is 9.10. The van der Waals surface area contributed by atoms with E-state index in [1.807, 2.05) is 39.0 Å². The zero-order chi connectivity index (χ0) is 14.9. The summed E-state index contributed by atoms with van der Waals surface area (Å²) in [5.74, 6) is 0.642. The van der Waals surface area contributed by atoms with E-state index < -0.39 is 0 Å². The number of aromatic nitrogens is 2. The van der Waals surface area contributed by atoms with Crippen molar-refractivity contribution in [1.82, 2.24) is 9.97 Å². The van der Waals surface area contributed by atoms with Crippen LogP contribution in [0.15, 0.2) is 27.5 Å². The van der Waals surface area contributed by atoms with E-state index in [9.17, 15) is 4.79 Å². The first-order chi connectivity index (χ1) is 9.38. The number of aryl methyl sites for hydroxylation is 3. The summed E-state index contributed by atoms with van der Waals surface area (Å²) >= 11 is 3.45. The predicted molar refractivity (Wildman–Crippen MR) is 85.2 cm³/mol. The van der Waals surface area contributed by atoms with Crippen molar-refractivity contribution < 1.29 is 0 Å². The monoisotopic (exact) mass is 335 g/mol. The van der Waals surface area contributed by atoms with Crippen LogP contribution in [-0.4, -0.2) is 9.97 Å². The van der Waals surface area contributed by atoms with E-state index in [-0.39, 0.29) is 11.6 Å². The lowest BCUT2D eigenvalue weighted by atomic mass is 10.1. The SMILES string of the molecule is Cc1nc(C)c(C(C)Nc2ccc(Br)cc2C)c(=O)[nH]1. The van der Waals surface area contributed by atoms with Crippen molar-refractivity contribution >= 4 is 21.6 Å². The van der Waals surface area contributed by atoms with Gasteiger partial charge in [0, 0.05) is 10.2 Å². The maximum atomic E-state index is 12.1. The molecule has 0 bridgehead atoms. The van der Waals surface area contributed by atoms with Crippen LogP contribution in [0.1, 0.15) is 35.6 Å². The minimum atomic E-state index is -0.105. The number of hydrogen-bond donors (Lipinski definition) is 2. The Labute approximate surface area is 126 Å². The van der Waals surface area contributed by atoms with Gasteiger partial charge >= 0.3 is 0 Å². The fourth-order valence-corrected chi connectivity index (χ4v) is 2.82. The molecule has 0 fully saturated rings. The lowest BCUT2D eigenvalue weighted by Gasteiger charge is -2.18. The van der Waals surface area contributed by atoms with Crippen molar-refractivity contribution in [2.45, 2.75) is 33.7 Å². The highest BCUT2D eigenvalue weighted by Gasteiger charge is 2.15. The number of benzene rings is 1. The van der Waals surface area contributed by atoms with Gasteiger partial charge in [-0.05, 0) is 51.5 Å². The average molecular weight is 336 g/mol. The van der Waals surface area contributed by atoms with Gasteiger partial charge in [-0.1, -0.05) is 15.9 Å². The molecular weight excluding hydrogens is 318 g/mol. The molecule has 2 N–H and O–H groups in total. The Balaban J connectivity index is 2.33. The molecule has 0 aliphatic heterocycles. The van der Waals surface area contributed by atoms with Crippen LogP contribution < -0.4 is 10.9 Å². The average Bonchev–Trinajstić information content (AvgIpc) is 2.31. The van der Waals surface area contributed by atoms with E-state index >= 15 is 0 Å². The van der Waals surface area contributed by atoms with Gasteiger partial charge in [0.05, 0.1) is 17.3 Å². The van der Waals surface area contributed by atoms with Crippen molar-refractivity contribution in [3.63, 3.8) is 0 Å². The molecule has 0 amide bonds. The van der Waals surface area contributed by atoms with Crippen LogP contribution in [0.3, 0.4) is 0 Å². The van der Waals surface area contributed by atoms with Crippen LogP contribution in [-0.2, 0) is 0 Å². The number of hydrogen-bond acceptors (Lipinski definition) is 3. The van der Waals surface area contributed by atoms with Crippen LogP contribution >= 0.6 is 15.9 Å². The van der Waals surface area contributed by atoms with Crippen LogP contribution in [0, 0.1) is 20.8 Å². The smallest absolute Gasteiger partial charge is 0.256 e. The fourth-order valence-electron chi connectivity index (χ4n) is 2.34. The Morgan fingerprint density at radius 2 is 2.00 bits per heavy atom. The van der Waals surface area contributed by atoms with E-state index in [1.54, 1.807) is 6.92 Å². The molecule has 1 atom stereocenters. The van der Waals surface area contributed by atoms with Crippen LogP contribution in [0.5, 0.6) is 0 Å². The molecule has 0 aliphatic rings. The van der Waals surface area contributed by atoms with E-state index in [0.717, 1.165) is 21.4 Å². The lowest BCUT2D eigenvalue weighted by Crippen LogP contribution is -2.23. The Bertz CT molecular complexity index is 694. The van der Waals surface area contributed by atoms with Crippen molar-refractivity contribution in [3.8, 4) is 0 Å². The summed E-state index contributed by atoms with van der Waals surface area (Å²) in [6.45, 7) is 7.65. The fraction of sp³-hybridized carbons (Fsp3) is 0.333. The first-order valence-corrected chi connectivity index (χ1v) is 7.28. The van der Waals surface area contributed by atoms with Gasteiger partial charge in [-0.2, -0.15) is 0 Å². The van der Waals surface area contributed by atoms with Gasteiger partial charge in [0.15, 0.2) is 0 Å². The second kappa shape index (κ2) is 5.79. The normalized spacial score (nSPS) is 12.2. The first-order valence-electron chi connectivity index (χ1n) is 6.48. The number of nitrogens with one attached hydrogen (secondary N) is 2. The van der Waals surface area contributed by atoms with Gasteiger partial charge in [0.1, 0.15) is 5.82 Å². The third-order valence-electron chi connectivity index (χ3n) is 3.26. The molecule has 20 heavy (non-hydrogen) atoms. The molecule has 1 aromatic carbocycles. The predicted octanol–water partition coefficient (Wildman–Crippen LogP) is 3.63. The first kappa shape index (κ1) is 14.8. The summed E-state index contributed by atoms with van der Waals surface area (Å²) in [6, 6.07) is 5.92. The molecule has 0 spiro atoms. The lowest BCUT2D eigenvalue weighted by molar-refractivity contribution is 0.813. The van der Waals surface area contributed by atoms with Crippen LogP contribution in [0.4, 0.5) is 5.69 Å². The highest BCUT2D eigenvalue weighted by atomic mass is 79.9. The second-order valence-corrected chi connectivity index (χ2v) is 5.89. The van der Waals surface area contributed by atoms with Crippen LogP contribution in [0.2, 0.25) is 0 Å². The number of halogens is 1. The third kappa shape index (κ3) is 3.10. The third-order valence-corrected chi connectivity index (χ3v) is 3.75. The van der Waals surface area contributed by atoms with Gasteiger partial charge < -0.3 is 10.3 Å². The zero-order valence-electron chi connectivity index (χ0n) is 12.0. The molecule has 5 heteroatoms. The molecule has 1 unspecified atom stereocenters. The van der Waals surface area contributed by atoms with Crippen molar-refractivity contribution in [1.29, 1.82) is 0 Å². The number of anilines is 1. The Kier molecular flexibility index (Phi) is 4.28. The molecule has 0 radical (unpaired) electrons. The van der Waals surface area contributed by atoms with E-state index in [2.05, 4.69) is 31.2 Å².